The summed E-state index contributed by atoms with van der Waals surface area (Å²) in [7, 11) is 1.74. The van der Waals surface area contributed by atoms with Gasteiger partial charge in [0.1, 0.15) is 0 Å². The average Bonchev–Trinajstić information content (AvgIpc) is 2.29. The van der Waals surface area contributed by atoms with E-state index in [0.29, 0.717) is 5.92 Å². The average molecular weight is 223 g/mol. The van der Waals surface area contributed by atoms with Gasteiger partial charge in [0.2, 0.25) is 0 Å². The Labute approximate surface area is 94.4 Å². The zero-order valence-electron chi connectivity index (χ0n) is 9.64. The van der Waals surface area contributed by atoms with Crippen LogP contribution in [-0.4, -0.2) is 36.5 Å². The van der Waals surface area contributed by atoms with Crippen LogP contribution in [0.3, 0.4) is 0 Å². The molecule has 1 fully saturated rings. The monoisotopic (exact) mass is 223 g/mol. The molecule has 16 heavy (non-hydrogen) atoms. The normalized spacial score (nSPS) is 25.8. The summed E-state index contributed by atoms with van der Waals surface area (Å²) in [5, 5.41) is 6.19. The maximum absolute atomic E-state index is 11.2. The van der Waals surface area contributed by atoms with Crippen molar-refractivity contribution in [3.05, 3.63) is 22.6 Å². The molecule has 0 aromatic carbocycles. The number of methoxy groups -OCH3 is 1. The number of nitrogens with zero attached hydrogens (tertiary/aromatic N) is 2. The molecule has 5 nitrogen and oxygen atoms in total. The molecule has 1 N–H and O–H groups in total. The SMILES string of the molecule is COC1CN(c2cn[nH]c(=O)c2)CCC1C. The lowest BCUT2D eigenvalue weighted by Crippen LogP contribution is -2.44. The standard InChI is InChI=1S/C11H17N3O2/c1-8-3-4-14(7-10(8)16-2)9-5-11(15)13-12-6-9/h5-6,8,10H,3-4,7H2,1-2H3,(H,13,15). The smallest absolute Gasteiger partial charge is 0.266 e. The van der Waals surface area contributed by atoms with Crippen molar-refractivity contribution in [3.63, 3.8) is 0 Å². The summed E-state index contributed by atoms with van der Waals surface area (Å²) in [5.41, 5.74) is 0.711. The van der Waals surface area contributed by atoms with Crippen LogP contribution in [-0.2, 0) is 4.74 Å². The second kappa shape index (κ2) is 4.65. The molecule has 88 valence electrons. The summed E-state index contributed by atoms with van der Waals surface area (Å²) in [6.07, 6.45) is 2.99. The number of hydrogen-bond donors (Lipinski definition) is 1. The van der Waals surface area contributed by atoms with Crippen molar-refractivity contribution in [3.8, 4) is 0 Å². The van der Waals surface area contributed by atoms with Crippen LogP contribution in [0.1, 0.15) is 13.3 Å². The van der Waals surface area contributed by atoms with Gasteiger partial charge in [-0.15, -0.1) is 0 Å². The van der Waals surface area contributed by atoms with E-state index in [1.165, 1.54) is 0 Å². The van der Waals surface area contributed by atoms with Gasteiger partial charge in [-0.1, -0.05) is 6.92 Å². The number of nitrogens with one attached hydrogen (secondary N) is 1. The second-order valence-corrected chi connectivity index (χ2v) is 4.29. The highest BCUT2D eigenvalue weighted by Crippen LogP contribution is 2.23. The first kappa shape index (κ1) is 11.1. The third-order valence-corrected chi connectivity index (χ3v) is 3.21. The molecule has 1 aromatic heterocycles. The third kappa shape index (κ3) is 2.24. The number of ether oxygens (including phenoxy) is 1. The second-order valence-electron chi connectivity index (χ2n) is 4.29. The molecule has 2 unspecified atom stereocenters. The van der Waals surface area contributed by atoms with Gasteiger partial charge in [0.25, 0.3) is 5.56 Å². The van der Waals surface area contributed by atoms with Gasteiger partial charge in [0.15, 0.2) is 0 Å². The number of aromatic amines is 1. The molecule has 2 rings (SSSR count). The van der Waals surface area contributed by atoms with E-state index in [1.54, 1.807) is 19.4 Å². The van der Waals surface area contributed by atoms with Crippen LogP contribution in [0, 0.1) is 5.92 Å². The summed E-state index contributed by atoms with van der Waals surface area (Å²) < 4.78 is 5.44. The maximum atomic E-state index is 11.2. The summed E-state index contributed by atoms with van der Waals surface area (Å²) >= 11 is 0. The molecular formula is C11H17N3O2. The van der Waals surface area contributed by atoms with Crippen molar-refractivity contribution in [2.24, 2.45) is 5.92 Å². The van der Waals surface area contributed by atoms with Crippen LogP contribution in [0.4, 0.5) is 5.69 Å². The molecular weight excluding hydrogens is 206 g/mol. The number of H-pyrrole nitrogens is 1. The fourth-order valence-electron chi connectivity index (χ4n) is 2.11. The lowest BCUT2D eigenvalue weighted by molar-refractivity contribution is 0.0498. The minimum Gasteiger partial charge on any atom is -0.379 e. The van der Waals surface area contributed by atoms with Crippen LogP contribution < -0.4 is 10.5 Å². The van der Waals surface area contributed by atoms with Crippen molar-refractivity contribution in [2.75, 3.05) is 25.1 Å². The molecule has 0 bridgehead atoms. The van der Waals surface area contributed by atoms with Gasteiger partial charge >= 0.3 is 0 Å². The Morgan fingerprint density at radius 2 is 2.44 bits per heavy atom. The van der Waals surface area contributed by atoms with Gasteiger partial charge in [-0.2, -0.15) is 5.10 Å². The Morgan fingerprint density at radius 3 is 3.12 bits per heavy atom. The molecule has 0 saturated carbocycles. The third-order valence-electron chi connectivity index (χ3n) is 3.21. The molecule has 1 saturated heterocycles. The Kier molecular flexibility index (Phi) is 3.24. The molecule has 1 aromatic rings. The summed E-state index contributed by atoms with van der Waals surface area (Å²) in [6.45, 7) is 3.97. The number of aromatic nitrogens is 2. The Hall–Kier alpha value is -1.36. The zero-order chi connectivity index (χ0) is 11.5. The van der Waals surface area contributed by atoms with E-state index in [2.05, 4.69) is 22.0 Å². The first-order chi connectivity index (χ1) is 7.70. The van der Waals surface area contributed by atoms with E-state index in [-0.39, 0.29) is 11.7 Å². The Morgan fingerprint density at radius 1 is 1.62 bits per heavy atom. The fraction of sp³-hybridized carbons (Fsp3) is 0.636. The highest BCUT2D eigenvalue weighted by Gasteiger charge is 2.26. The molecule has 0 amide bonds. The van der Waals surface area contributed by atoms with Crippen molar-refractivity contribution >= 4 is 5.69 Å². The van der Waals surface area contributed by atoms with Crippen LogP contribution in [0.2, 0.25) is 0 Å². The molecule has 1 aliphatic rings. The minimum atomic E-state index is -0.162. The predicted octanol–water partition coefficient (Wildman–Crippen LogP) is 0.631. The quantitative estimate of drug-likeness (QED) is 0.799. The van der Waals surface area contributed by atoms with Crippen LogP contribution in [0.25, 0.3) is 0 Å². The van der Waals surface area contributed by atoms with Gasteiger partial charge in [0, 0.05) is 26.3 Å². The molecule has 2 heterocycles. The topological polar surface area (TPSA) is 58.2 Å². The van der Waals surface area contributed by atoms with Crippen molar-refractivity contribution < 1.29 is 4.74 Å². The Balaban J connectivity index is 2.14. The highest BCUT2D eigenvalue weighted by atomic mass is 16.5. The van der Waals surface area contributed by atoms with Crippen molar-refractivity contribution in [1.82, 2.24) is 10.2 Å². The molecule has 0 radical (unpaired) electrons. The Bertz CT molecular complexity index is 404. The van der Waals surface area contributed by atoms with Crippen LogP contribution in [0.15, 0.2) is 17.1 Å². The molecule has 0 spiro atoms. The minimum absolute atomic E-state index is 0.162. The highest BCUT2D eigenvalue weighted by molar-refractivity contribution is 5.43. The molecule has 0 aliphatic carbocycles. The van der Waals surface area contributed by atoms with Gasteiger partial charge in [-0.3, -0.25) is 4.79 Å². The van der Waals surface area contributed by atoms with Crippen molar-refractivity contribution in [2.45, 2.75) is 19.4 Å². The maximum Gasteiger partial charge on any atom is 0.266 e. The van der Waals surface area contributed by atoms with E-state index in [9.17, 15) is 4.79 Å². The number of anilines is 1. The molecule has 5 heteroatoms. The fourth-order valence-corrected chi connectivity index (χ4v) is 2.11. The van der Waals surface area contributed by atoms with Crippen LogP contribution >= 0.6 is 0 Å². The van der Waals surface area contributed by atoms with E-state index in [4.69, 9.17) is 4.74 Å². The van der Waals surface area contributed by atoms with Gasteiger partial charge in [0.05, 0.1) is 18.0 Å². The van der Waals surface area contributed by atoms with Crippen LogP contribution in [0.5, 0.6) is 0 Å². The number of rotatable bonds is 2. The first-order valence-corrected chi connectivity index (χ1v) is 5.53. The summed E-state index contributed by atoms with van der Waals surface area (Å²) in [6, 6.07) is 1.58. The number of piperidine rings is 1. The van der Waals surface area contributed by atoms with Gasteiger partial charge in [-0.05, 0) is 12.3 Å². The largest absolute Gasteiger partial charge is 0.379 e. The zero-order valence-corrected chi connectivity index (χ0v) is 9.64. The lowest BCUT2D eigenvalue weighted by atomic mass is 9.95. The summed E-state index contributed by atoms with van der Waals surface area (Å²) in [4.78, 5) is 13.3. The van der Waals surface area contributed by atoms with Gasteiger partial charge in [-0.25, -0.2) is 5.10 Å². The van der Waals surface area contributed by atoms with E-state index < -0.39 is 0 Å². The molecule has 2 atom stereocenters. The van der Waals surface area contributed by atoms with E-state index in [1.807, 2.05) is 0 Å². The lowest BCUT2D eigenvalue weighted by Gasteiger charge is -2.37. The van der Waals surface area contributed by atoms with E-state index >= 15 is 0 Å². The van der Waals surface area contributed by atoms with Crippen molar-refractivity contribution in [1.29, 1.82) is 0 Å². The first-order valence-electron chi connectivity index (χ1n) is 5.53. The number of hydrogen-bond acceptors (Lipinski definition) is 4. The predicted molar refractivity (Wildman–Crippen MR) is 61.6 cm³/mol. The van der Waals surface area contributed by atoms with E-state index in [0.717, 1.165) is 25.2 Å². The van der Waals surface area contributed by atoms with Gasteiger partial charge < -0.3 is 9.64 Å². The summed E-state index contributed by atoms with van der Waals surface area (Å²) in [5.74, 6) is 0.566. The molecule has 1 aliphatic heterocycles.